The number of anilines is 2. The van der Waals surface area contributed by atoms with Gasteiger partial charge in [0.25, 0.3) is 5.91 Å². The van der Waals surface area contributed by atoms with Crippen LogP contribution in [0.1, 0.15) is 16.1 Å². The molecule has 0 bridgehead atoms. The van der Waals surface area contributed by atoms with Crippen molar-refractivity contribution in [3.05, 3.63) is 52.1 Å². The number of carbonyl (C=O) groups excluding carboxylic acids is 1. The number of aromatic nitrogens is 1. The van der Waals surface area contributed by atoms with E-state index in [1.54, 1.807) is 18.2 Å². The summed E-state index contributed by atoms with van der Waals surface area (Å²) in [6.45, 7) is 1.98. The molecule has 0 saturated heterocycles. The maximum absolute atomic E-state index is 12.1. The van der Waals surface area contributed by atoms with Crippen LogP contribution in [0.2, 0.25) is 0 Å². The number of nitrogens with zero attached hydrogens (tertiary/aromatic N) is 1. The summed E-state index contributed by atoms with van der Waals surface area (Å²) in [7, 11) is 0. The van der Waals surface area contributed by atoms with Crippen LogP contribution in [0.4, 0.5) is 11.5 Å². The third-order valence-corrected chi connectivity index (χ3v) is 3.16. The summed E-state index contributed by atoms with van der Waals surface area (Å²) in [6, 6.07) is 10.7. The van der Waals surface area contributed by atoms with Crippen LogP contribution in [-0.2, 0) is 0 Å². The van der Waals surface area contributed by atoms with Gasteiger partial charge in [0.1, 0.15) is 11.5 Å². The molecule has 0 saturated carbocycles. The minimum Gasteiger partial charge on any atom is -0.320 e. The Morgan fingerprint density at radius 1 is 1.32 bits per heavy atom. The molecular formula is C13H13BrN4O. The van der Waals surface area contributed by atoms with Gasteiger partial charge in [-0.3, -0.25) is 4.79 Å². The lowest BCUT2D eigenvalue weighted by molar-refractivity contribution is 0.102. The number of amides is 1. The van der Waals surface area contributed by atoms with Gasteiger partial charge in [0.15, 0.2) is 0 Å². The summed E-state index contributed by atoms with van der Waals surface area (Å²) in [4.78, 5) is 16.1. The van der Waals surface area contributed by atoms with Crippen molar-refractivity contribution in [3.63, 3.8) is 0 Å². The van der Waals surface area contributed by atoms with E-state index in [0.717, 1.165) is 10.0 Å². The number of nitrogen functional groups attached to an aromatic ring is 1. The number of halogens is 1. The standard InChI is InChI=1S/C13H13BrN4O/c1-8-5-6-10(9(14)7-8)17-13(19)11-3-2-4-12(16-11)18-15/h2-7H,15H2,1H3,(H,16,18)(H,17,19). The first-order chi connectivity index (χ1) is 9.10. The number of nitrogens with two attached hydrogens (primary N) is 1. The Kier molecular flexibility index (Phi) is 4.13. The van der Waals surface area contributed by atoms with Crippen molar-refractivity contribution in [3.8, 4) is 0 Å². The largest absolute Gasteiger partial charge is 0.320 e. The molecule has 0 fully saturated rings. The average Bonchev–Trinajstić information content (AvgIpc) is 2.42. The van der Waals surface area contributed by atoms with E-state index in [0.29, 0.717) is 17.2 Å². The highest BCUT2D eigenvalue weighted by molar-refractivity contribution is 9.10. The van der Waals surface area contributed by atoms with Gasteiger partial charge in [0.2, 0.25) is 0 Å². The fourth-order valence-corrected chi connectivity index (χ4v) is 2.14. The Balaban J connectivity index is 2.20. The summed E-state index contributed by atoms with van der Waals surface area (Å²) in [5.74, 6) is 5.41. The van der Waals surface area contributed by atoms with Gasteiger partial charge in [-0.1, -0.05) is 12.1 Å². The molecule has 1 heterocycles. The monoisotopic (exact) mass is 320 g/mol. The Morgan fingerprint density at radius 3 is 2.79 bits per heavy atom. The molecule has 6 heteroatoms. The third kappa shape index (κ3) is 3.30. The minimum absolute atomic E-state index is 0.290. The fourth-order valence-electron chi connectivity index (χ4n) is 1.55. The zero-order chi connectivity index (χ0) is 13.8. The number of rotatable bonds is 3. The predicted molar refractivity (Wildman–Crippen MR) is 78.9 cm³/mol. The molecule has 0 radical (unpaired) electrons. The molecule has 4 N–H and O–H groups in total. The summed E-state index contributed by atoms with van der Waals surface area (Å²) >= 11 is 3.41. The van der Waals surface area contributed by atoms with E-state index in [9.17, 15) is 4.79 Å². The number of hydrazine groups is 1. The highest BCUT2D eigenvalue weighted by Gasteiger charge is 2.10. The summed E-state index contributed by atoms with van der Waals surface area (Å²) in [5.41, 5.74) is 4.51. The molecule has 2 aromatic rings. The Hall–Kier alpha value is -1.92. The van der Waals surface area contributed by atoms with Crippen LogP contribution >= 0.6 is 15.9 Å². The lowest BCUT2D eigenvalue weighted by Crippen LogP contribution is -2.16. The van der Waals surface area contributed by atoms with E-state index >= 15 is 0 Å². The van der Waals surface area contributed by atoms with Crippen LogP contribution in [0.5, 0.6) is 0 Å². The number of hydrogen-bond acceptors (Lipinski definition) is 4. The molecule has 0 aliphatic rings. The predicted octanol–water partition coefficient (Wildman–Crippen LogP) is 2.69. The summed E-state index contributed by atoms with van der Waals surface area (Å²) in [5, 5.41) is 2.79. The van der Waals surface area contributed by atoms with Crippen molar-refractivity contribution in [1.82, 2.24) is 4.98 Å². The molecule has 98 valence electrons. The number of hydrogen-bond donors (Lipinski definition) is 3. The van der Waals surface area contributed by atoms with Gasteiger partial charge in [0.05, 0.1) is 5.69 Å². The molecular weight excluding hydrogens is 308 g/mol. The Labute approximate surface area is 119 Å². The molecule has 1 aromatic heterocycles. The molecule has 0 aliphatic carbocycles. The van der Waals surface area contributed by atoms with Crippen LogP contribution in [0.3, 0.4) is 0 Å². The Bertz CT molecular complexity index is 615. The van der Waals surface area contributed by atoms with Gasteiger partial charge in [-0.05, 0) is 52.7 Å². The second-order valence-corrected chi connectivity index (χ2v) is 4.84. The third-order valence-electron chi connectivity index (χ3n) is 2.50. The van der Waals surface area contributed by atoms with Crippen LogP contribution in [0.15, 0.2) is 40.9 Å². The average molecular weight is 321 g/mol. The molecule has 0 spiro atoms. The smallest absolute Gasteiger partial charge is 0.274 e. The van der Waals surface area contributed by atoms with Crippen molar-refractivity contribution in [2.45, 2.75) is 6.92 Å². The summed E-state index contributed by atoms with van der Waals surface area (Å²) < 4.78 is 0.828. The van der Waals surface area contributed by atoms with E-state index in [4.69, 9.17) is 5.84 Å². The van der Waals surface area contributed by atoms with Crippen LogP contribution in [0.25, 0.3) is 0 Å². The van der Waals surface area contributed by atoms with Crippen LogP contribution in [0, 0.1) is 6.92 Å². The quantitative estimate of drug-likeness (QED) is 0.600. The van der Waals surface area contributed by atoms with Gasteiger partial charge in [-0.25, -0.2) is 10.8 Å². The van der Waals surface area contributed by atoms with Crippen LogP contribution < -0.4 is 16.6 Å². The van der Waals surface area contributed by atoms with Crippen molar-refractivity contribution >= 4 is 33.3 Å². The van der Waals surface area contributed by atoms with Crippen molar-refractivity contribution < 1.29 is 4.79 Å². The van der Waals surface area contributed by atoms with E-state index in [1.165, 1.54) is 0 Å². The molecule has 0 unspecified atom stereocenters. The van der Waals surface area contributed by atoms with Gasteiger partial charge in [0, 0.05) is 4.47 Å². The Morgan fingerprint density at radius 2 is 2.11 bits per heavy atom. The van der Waals surface area contributed by atoms with E-state index in [-0.39, 0.29) is 5.91 Å². The minimum atomic E-state index is -0.290. The molecule has 5 nitrogen and oxygen atoms in total. The molecule has 2 rings (SSSR count). The van der Waals surface area contributed by atoms with Gasteiger partial charge < -0.3 is 10.7 Å². The second-order valence-electron chi connectivity index (χ2n) is 3.99. The molecule has 0 aliphatic heterocycles. The summed E-state index contributed by atoms with van der Waals surface area (Å²) in [6.07, 6.45) is 0. The zero-order valence-electron chi connectivity index (χ0n) is 10.3. The van der Waals surface area contributed by atoms with Crippen molar-refractivity contribution in [2.75, 3.05) is 10.7 Å². The van der Waals surface area contributed by atoms with Crippen LogP contribution in [-0.4, -0.2) is 10.9 Å². The first kappa shape index (κ1) is 13.5. The van der Waals surface area contributed by atoms with Gasteiger partial charge in [-0.2, -0.15) is 0 Å². The number of carbonyl (C=O) groups is 1. The maximum Gasteiger partial charge on any atom is 0.274 e. The topological polar surface area (TPSA) is 80.0 Å². The van der Waals surface area contributed by atoms with Gasteiger partial charge in [-0.15, -0.1) is 0 Å². The van der Waals surface area contributed by atoms with Crippen molar-refractivity contribution in [2.24, 2.45) is 5.84 Å². The molecule has 1 aromatic carbocycles. The normalized spacial score (nSPS) is 10.1. The van der Waals surface area contributed by atoms with E-state index < -0.39 is 0 Å². The molecule has 1 amide bonds. The first-order valence-corrected chi connectivity index (χ1v) is 6.40. The molecule has 0 atom stereocenters. The van der Waals surface area contributed by atoms with Gasteiger partial charge >= 0.3 is 0 Å². The van der Waals surface area contributed by atoms with E-state index in [2.05, 4.69) is 31.7 Å². The van der Waals surface area contributed by atoms with E-state index in [1.807, 2.05) is 25.1 Å². The molecule has 19 heavy (non-hydrogen) atoms. The maximum atomic E-state index is 12.1. The second kappa shape index (κ2) is 5.81. The number of aryl methyl sites for hydroxylation is 1. The first-order valence-electron chi connectivity index (χ1n) is 5.61. The highest BCUT2D eigenvalue weighted by atomic mass is 79.9. The number of nitrogens with one attached hydrogen (secondary N) is 2. The lowest BCUT2D eigenvalue weighted by Gasteiger charge is -2.08. The van der Waals surface area contributed by atoms with Crippen molar-refractivity contribution in [1.29, 1.82) is 0 Å². The highest BCUT2D eigenvalue weighted by Crippen LogP contribution is 2.23. The SMILES string of the molecule is Cc1ccc(NC(=O)c2cccc(NN)n2)c(Br)c1. The number of benzene rings is 1. The fraction of sp³-hybridized carbons (Fsp3) is 0.0769. The zero-order valence-corrected chi connectivity index (χ0v) is 11.9. The number of pyridine rings is 1. The lowest BCUT2D eigenvalue weighted by atomic mass is 10.2.